The van der Waals surface area contributed by atoms with E-state index in [0.717, 1.165) is 49.2 Å². The summed E-state index contributed by atoms with van der Waals surface area (Å²) < 4.78 is 6.26. The third-order valence-corrected chi connectivity index (χ3v) is 6.42. The molecular weight excluding hydrogens is 376 g/mol. The molecular formula is C20H26N4O3S. The van der Waals surface area contributed by atoms with Gasteiger partial charge < -0.3 is 15.0 Å². The van der Waals surface area contributed by atoms with E-state index in [9.17, 15) is 9.59 Å². The highest BCUT2D eigenvalue weighted by molar-refractivity contribution is 7.22. The van der Waals surface area contributed by atoms with Gasteiger partial charge in [-0.2, -0.15) is 0 Å². The van der Waals surface area contributed by atoms with E-state index in [4.69, 9.17) is 4.74 Å². The van der Waals surface area contributed by atoms with Crippen LogP contribution in [0.3, 0.4) is 0 Å². The minimum atomic E-state index is -0.229. The number of amides is 2. The number of likely N-dealkylation sites (tertiary alicyclic amines) is 1. The SMILES string of the molecule is C[C@H](C(=O)Nc1nc2ccc(C(=O)N3CCCCC3)cc2s1)N1CCOCC1. The monoisotopic (exact) mass is 402 g/mol. The van der Waals surface area contributed by atoms with Gasteiger partial charge in [0.05, 0.1) is 29.5 Å². The highest BCUT2D eigenvalue weighted by Gasteiger charge is 2.24. The summed E-state index contributed by atoms with van der Waals surface area (Å²) in [5, 5.41) is 3.50. The van der Waals surface area contributed by atoms with Crippen LogP contribution in [0.1, 0.15) is 36.5 Å². The molecule has 0 saturated carbocycles. The largest absolute Gasteiger partial charge is 0.379 e. The summed E-state index contributed by atoms with van der Waals surface area (Å²) in [6.07, 6.45) is 3.35. The zero-order chi connectivity index (χ0) is 19.5. The zero-order valence-corrected chi connectivity index (χ0v) is 17.0. The van der Waals surface area contributed by atoms with E-state index in [1.807, 2.05) is 30.0 Å². The van der Waals surface area contributed by atoms with Crippen molar-refractivity contribution in [2.24, 2.45) is 0 Å². The van der Waals surface area contributed by atoms with Gasteiger partial charge in [0, 0.05) is 31.7 Å². The average molecular weight is 403 g/mol. The number of ether oxygens (including phenoxy) is 1. The summed E-state index contributed by atoms with van der Waals surface area (Å²) in [6, 6.07) is 5.36. The van der Waals surface area contributed by atoms with Gasteiger partial charge in [0.2, 0.25) is 5.91 Å². The number of benzene rings is 1. The van der Waals surface area contributed by atoms with Gasteiger partial charge in [-0.3, -0.25) is 14.5 Å². The van der Waals surface area contributed by atoms with Crippen LogP contribution in [0.5, 0.6) is 0 Å². The lowest BCUT2D eigenvalue weighted by atomic mass is 10.1. The van der Waals surface area contributed by atoms with Gasteiger partial charge in [-0.1, -0.05) is 11.3 Å². The molecule has 0 aliphatic carbocycles. The van der Waals surface area contributed by atoms with Crippen LogP contribution in [-0.2, 0) is 9.53 Å². The molecule has 1 N–H and O–H groups in total. The molecule has 4 rings (SSSR count). The van der Waals surface area contributed by atoms with Crippen LogP contribution in [0.25, 0.3) is 10.2 Å². The van der Waals surface area contributed by atoms with Crippen molar-refractivity contribution in [3.05, 3.63) is 23.8 Å². The Bertz CT molecular complexity index is 856. The fourth-order valence-corrected chi connectivity index (χ4v) is 4.64. The van der Waals surface area contributed by atoms with Crippen LogP contribution in [0, 0.1) is 0 Å². The van der Waals surface area contributed by atoms with Crippen LogP contribution in [0.2, 0.25) is 0 Å². The Labute approximate surface area is 168 Å². The van der Waals surface area contributed by atoms with E-state index in [0.29, 0.717) is 23.9 Å². The topological polar surface area (TPSA) is 74.8 Å². The number of hydrogen-bond acceptors (Lipinski definition) is 6. The molecule has 3 heterocycles. The molecule has 1 aromatic carbocycles. The minimum absolute atomic E-state index is 0.0643. The highest BCUT2D eigenvalue weighted by atomic mass is 32.1. The van der Waals surface area contributed by atoms with Gasteiger partial charge in [0.1, 0.15) is 0 Å². The van der Waals surface area contributed by atoms with Gasteiger partial charge in [0.15, 0.2) is 5.13 Å². The maximum Gasteiger partial charge on any atom is 0.253 e. The summed E-state index contributed by atoms with van der Waals surface area (Å²) in [6.45, 7) is 6.41. The quantitative estimate of drug-likeness (QED) is 0.851. The maximum atomic E-state index is 12.7. The van der Waals surface area contributed by atoms with E-state index in [1.165, 1.54) is 17.8 Å². The number of carbonyl (C=O) groups is 2. The number of morpholine rings is 1. The third-order valence-electron chi connectivity index (χ3n) is 5.48. The van der Waals surface area contributed by atoms with Gasteiger partial charge in [-0.25, -0.2) is 4.98 Å². The first-order valence-electron chi connectivity index (χ1n) is 9.94. The third kappa shape index (κ3) is 4.19. The van der Waals surface area contributed by atoms with E-state index in [1.54, 1.807) is 0 Å². The van der Waals surface area contributed by atoms with E-state index >= 15 is 0 Å². The standard InChI is InChI=1S/C20H26N4O3S/c1-14(23-9-11-27-12-10-23)18(25)22-20-21-16-6-5-15(13-17(16)28-20)19(26)24-7-3-2-4-8-24/h5-6,13-14H,2-4,7-12H2,1H3,(H,21,22,25)/t14-/m1/s1. The normalized spacial score (nSPS) is 19.5. The van der Waals surface area contributed by atoms with Crippen molar-refractivity contribution < 1.29 is 14.3 Å². The lowest BCUT2D eigenvalue weighted by molar-refractivity contribution is -0.122. The van der Waals surface area contributed by atoms with Gasteiger partial charge in [0.25, 0.3) is 5.91 Å². The number of aromatic nitrogens is 1. The minimum Gasteiger partial charge on any atom is -0.379 e. The van der Waals surface area contributed by atoms with E-state index in [-0.39, 0.29) is 17.9 Å². The summed E-state index contributed by atoms with van der Waals surface area (Å²) in [5.41, 5.74) is 1.49. The molecule has 150 valence electrons. The summed E-state index contributed by atoms with van der Waals surface area (Å²) >= 11 is 1.41. The Morgan fingerprint density at radius 3 is 2.64 bits per heavy atom. The molecule has 8 heteroatoms. The van der Waals surface area contributed by atoms with Crippen molar-refractivity contribution >= 4 is 38.5 Å². The molecule has 2 aromatic rings. The molecule has 2 fully saturated rings. The van der Waals surface area contributed by atoms with Crippen molar-refractivity contribution in [3.8, 4) is 0 Å². The first kappa shape index (κ1) is 19.3. The van der Waals surface area contributed by atoms with E-state index < -0.39 is 0 Å². The van der Waals surface area contributed by atoms with E-state index in [2.05, 4.69) is 15.2 Å². The lowest BCUT2D eigenvalue weighted by Gasteiger charge is -2.31. The predicted octanol–water partition coefficient (Wildman–Crippen LogP) is 2.58. The average Bonchev–Trinajstić information content (AvgIpc) is 3.15. The molecule has 7 nitrogen and oxygen atoms in total. The smallest absolute Gasteiger partial charge is 0.253 e. The number of fused-ring (bicyclic) bond motifs is 1. The van der Waals surface area contributed by atoms with Gasteiger partial charge in [-0.15, -0.1) is 0 Å². The Hall–Kier alpha value is -2.03. The number of thiazole rings is 1. The number of nitrogens with one attached hydrogen (secondary N) is 1. The molecule has 1 aromatic heterocycles. The van der Waals surface area contributed by atoms with Crippen LogP contribution < -0.4 is 5.32 Å². The molecule has 2 saturated heterocycles. The molecule has 0 radical (unpaired) electrons. The van der Waals surface area contributed by atoms with Crippen molar-refractivity contribution in [3.63, 3.8) is 0 Å². The Balaban J connectivity index is 1.45. The van der Waals surface area contributed by atoms with Crippen LogP contribution >= 0.6 is 11.3 Å². The molecule has 28 heavy (non-hydrogen) atoms. The Kier molecular flexibility index (Phi) is 5.89. The lowest BCUT2D eigenvalue weighted by Crippen LogP contribution is -2.47. The molecule has 0 bridgehead atoms. The first-order chi connectivity index (χ1) is 13.6. The molecule has 2 aliphatic rings. The van der Waals surface area contributed by atoms with Crippen molar-refractivity contribution in [1.82, 2.24) is 14.8 Å². The molecule has 2 amide bonds. The van der Waals surface area contributed by atoms with Crippen molar-refractivity contribution in [2.45, 2.75) is 32.2 Å². The molecule has 1 atom stereocenters. The van der Waals surface area contributed by atoms with Crippen LogP contribution in [-0.4, -0.2) is 72.0 Å². The number of hydrogen-bond donors (Lipinski definition) is 1. The molecule has 0 spiro atoms. The molecule has 0 unspecified atom stereocenters. The Morgan fingerprint density at radius 2 is 1.89 bits per heavy atom. The van der Waals surface area contributed by atoms with Crippen molar-refractivity contribution in [1.29, 1.82) is 0 Å². The Morgan fingerprint density at radius 1 is 1.14 bits per heavy atom. The first-order valence-corrected chi connectivity index (χ1v) is 10.8. The fraction of sp³-hybridized carbons (Fsp3) is 0.550. The number of rotatable bonds is 4. The summed E-state index contributed by atoms with van der Waals surface area (Å²) in [4.78, 5) is 33.9. The second-order valence-corrected chi connectivity index (χ2v) is 8.40. The maximum absolute atomic E-state index is 12.7. The molecule has 2 aliphatic heterocycles. The summed E-state index contributed by atoms with van der Waals surface area (Å²) in [7, 11) is 0. The number of piperidine rings is 1. The number of carbonyl (C=O) groups excluding carboxylic acids is 2. The number of anilines is 1. The van der Waals surface area contributed by atoms with Gasteiger partial charge >= 0.3 is 0 Å². The highest BCUT2D eigenvalue weighted by Crippen LogP contribution is 2.28. The van der Waals surface area contributed by atoms with Crippen LogP contribution in [0.4, 0.5) is 5.13 Å². The second kappa shape index (κ2) is 8.55. The van der Waals surface area contributed by atoms with Crippen molar-refractivity contribution in [2.75, 3.05) is 44.7 Å². The fourth-order valence-electron chi connectivity index (χ4n) is 3.73. The van der Waals surface area contributed by atoms with Crippen LogP contribution in [0.15, 0.2) is 18.2 Å². The van der Waals surface area contributed by atoms with Gasteiger partial charge in [-0.05, 0) is 44.4 Å². The predicted molar refractivity (Wildman–Crippen MR) is 110 cm³/mol. The summed E-state index contributed by atoms with van der Waals surface area (Å²) in [5.74, 6) is 0.0205. The number of nitrogens with zero attached hydrogens (tertiary/aromatic N) is 3. The zero-order valence-electron chi connectivity index (χ0n) is 16.1. The second-order valence-electron chi connectivity index (χ2n) is 7.37.